The number of nitrogens with zero attached hydrogens (tertiary/aromatic N) is 4. The van der Waals surface area contributed by atoms with Crippen LogP contribution >= 0.6 is 0 Å². The van der Waals surface area contributed by atoms with Gasteiger partial charge in [-0.3, -0.25) is 10.00 Å². The van der Waals surface area contributed by atoms with Gasteiger partial charge in [-0.15, -0.1) is 0 Å². The summed E-state index contributed by atoms with van der Waals surface area (Å²) in [7, 11) is 1.88. The van der Waals surface area contributed by atoms with Gasteiger partial charge in [-0.25, -0.2) is 4.79 Å². The summed E-state index contributed by atoms with van der Waals surface area (Å²) in [5.74, 6) is -0.290. The van der Waals surface area contributed by atoms with Crippen LogP contribution in [0.4, 0.5) is 19.0 Å². The molecule has 3 aromatic rings. The number of H-pyrrole nitrogens is 1. The van der Waals surface area contributed by atoms with Gasteiger partial charge in [-0.1, -0.05) is 0 Å². The van der Waals surface area contributed by atoms with Crippen molar-refractivity contribution in [2.45, 2.75) is 32.0 Å². The second-order valence-corrected chi connectivity index (χ2v) is 8.00. The first kappa shape index (κ1) is 21.2. The van der Waals surface area contributed by atoms with Crippen molar-refractivity contribution in [2.24, 2.45) is 0 Å². The monoisotopic (exact) mass is 435 g/mol. The van der Waals surface area contributed by atoms with Crippen molar-refractivity contribution < 1.29 is 23.1 Å². The lowest BCUT2D eigenvalue weighted by Gasteiger charge is -2.38. The van der Waals surface area contributed by atoms with Crippen molar-refractivity contribution in [1.29, 1.82) is 0 Å². The van der Waals surface area contributed by atoms with Crippen molar-refractivity contribution in [2.75, 3.05) is 31.6 Å². The predicted molar refractivity (Wildman–Crippen MR) is 111 cm³/mol. The van der Waals surface area contributed by atoms with Gasteiger partial charge in [0, 0.05) is 49.7 Å². The molecule has 0 saturated carbocycles. The molecule has 2 N–H and O–H groups in total. The number of aromatic carboxylic acids is 1. The average Bonchev–Trinajstić information content (AvgIpc) is 3.35. The van der Waals surface area contributed by atoms with E-state index in [0.717, 1.165) is 22.6 Å². The zero-order valence-corrected chi connectivity index (χ0v) is 17.3. The summed E-state index contributed by atoms with van der Waals surface area (Å²) in [6.07, 6.45) is 0.451. The van der Waals surface area contributed by atoms with Crippen molar-refractivity contribution in [3.05, 3.63) is 41.7 Å². The number of hydrogen-bond acceptors (Lipinski definition) is 4. The molecule has 3 aromatic heterocycles. The highest BCUT2D eigenvalue weighted by Gasteiger charge is 2.34. The summed E-state index contributed by atoms with van der Waals surface area (Å²) in [5.41, 5.74) is 3.14. The number of alkyl halides is 3. The quantitative estimate of drug-likeness (QED) is 0.638. The summed E-state index contributed by atoms with van der Waals surface area (Å²) >= 11 is 0. The maximum absolute atomic E-state index is 12.7. The van der Waals surface area contributed by atoms with Crippen LogP contribution in [0.15, 0.2) is 30.6 Å². The van der Waals surface area contributed by atoms with E-state index in [0.29, 0.717) is 31.5 Å². The van der Waals surface area contributed by atoms with Gasteiger partial charge in [0.15, 0.2) is 0 Å². The third kappa shape index (κ3) is 4.12. The predicted octanol–water partition coefficient (Wildman–Crippen LogP) is 3.80. The van der Waals surface area contributed by atoms with Crippen molar-refractivity contribution in [3.8, 4) is 11.3 Å². The van der Waals surface area contributed by atoms with E-state index in [9.17, 15) is 23.1 Å². The molecular weight excluding hydrogens is 411 g/mol. The third-order valence-corrected chi connectivity index (χ3v) is 6.04. The van der Waals surface area contributed by atoms with Crippen LogP contribution in [0, 0.1) is 6.92 Å². The maximum atomic E-state index is 12.7. The average molecular weight is 435 g/mol. The molecule has 0 aromatic carbocycles. The SMILES string of the molecule is Cc1c(C(=O)O)cc2c(-c3ccn[nH]3)ccn2c1N(C)C1CCN(CC(F)(F)F)CC1. The van der Waals surface area contributed by atoms with Crippen molar-refractivity contribution >= 4 is 17.3 Å². The molecule has 166 valence electrons. The van der Waals surface area contributed by atoms with Gasteiger partial charge in [0.05, 0.1) is 23.3 Å². The van der Waals surface area contributed by atoms with Crippen LogP contribution in [-0.4, -0.2) is 69.5 Å². The fourth-order valence-corrected chi connectivity index (χ4v) is 4.50. The molecule has 1 saturated heterocycles. The Bertz CT molecular complexity index is 1080. The summed E-state index contributed by atoms with van der Waals surface area (Å²) in [6, 6.07) is 5.37. The Balaban J connectivity index is 1.70. The van der Waals surface area contributed by atoms with Crippen LogP contribution in [0.25, 0.3) is 16.8 Å². The summed E-state index contributed by atoms with van der Waals surface area (Å²) in [5, 5.41) is 16.7. The summed E-state index contributed by atoms with van der Waals surface area (Å²) < 4.78 is 40.1. The Hall–Kier alpha value is -3.01. The molecule has 1 aliphatic rings. The molecule has 10 heteroatoms. The van der Waals surface area contributed by atoms with Gasteiger partial charge in [0.1, 0.15) is 5.82 Å². The maximum Gasteiger partial charge on any atom is 0.401 e. The number of aromatic nitrogens is 3. The number of carboxylic acid groups (broad SMARTS) is 1. The zero-order chi connectivity index (χ0) is 22.3. The molecule has 0 spiro atoms. The van der Waals surface area contributed by atoms with Crippen LogP contribution in [0.5, 0.6) is 0 Å². The van der Waals surface area contributed by atoms with Crippen molar-refractivity contribution in [1.82, 2.24) is 19.5 Å². The second kappa shape index (κ2) is 7.92. The second-order valence-electron chi connectivity index (χ2n) is 8.00. The molecule has 0 aliphatic carbocycles. The lowest BCUT2D eigenvalue weighted by Crippen LogP contribution is -2.46. The molecule has 1 fully saturated rings. The molecule has 0 amide bonds. The van der Waals surface area contributed by atoms with E-state index in [1.165, 1.54) is 4.90 Å². The van der Waals surface area contributed by atoms with Gasteiger partial charge in [0.25, 0.3) is 0 Å². The topological polar surface area (TPSA) is 76.9 Å². The Morgan fingerprint density at radius 1 is 1.32 bits per heavy atom. The number of likely N-dealkylation sites (tertiary alicyclic amines) is 1. The number of aromatic amines is 1. The Morgan fingerprint density at radius 2 is 2.03 bits per heavy atom. The Labute approximate surface area is 177 Å². The van der Waals surface area contributed by atoms with E-state index in [1.54, 1.807) is 19.2 Å². The van der Waals surface area contributed by atoms with Crippen LogP contribution in [-0.2, 0) is 0 Å². The molecule has 0 unspecified atom stereocenters. The Morgan fingerprint density at radius 3 is 2.61 bits per heavy atom. The number of pyridine rings is 1. The molecule has 0 radical (unpaired) electrons. The fourth-order valence-electron chi connectivity index (χ4n) is 4.50. The third-order valence-electron chi connectivity index (χ3n) is 6.04. The largest absolute Gasteiger partial charge is 0.478 e. The van der Waals surface area contributed by atoms with Crippen LogP contribution < -0.4 is 4.90 Å². The van der Waals surface area contributed by atoms with Gasteiger partial charge in [0.2, 0.25) is 0 Å². The first-order chi connectivity index (χ1) is 14.7. The minimum atomic E-state index is -4.20. The number of hydrogen-bond donors (Lipinski definition) is 2. The number of piperidine rings is 1. The number of anilines is 1. The minimum absolute atomic E-state index is 0.00781. The van der Waals surface area contributed by atoms with E-state index >= 15 is 0 Å². The molecule has 1 aliphatic heterocycles. The standard InChI is InChI=1S/C21H24F3N5O2/c1-13-16(20(30)31)11-18-15(17-3-7-25-26-17)6-10-29(18)19(13)27(2)14-4-8-28(9-5-14)12-21(22,23)24/h3,6-7,10-11,14H,4-5,8-9,12H2,1-2H3,(H,25,26)(H,30,31). The molecule has 31 heavy (non-hydrogen) atoms. The lowest BCUT2D eigenvalue weighted by atomic mass is 10.0. The summed E-state index contributed by atoms with van der Waals surface area (Å²) in [6.45, 7) is 1.57. The highest BCUT2D eigenvalue weighted by molar-refractivity contribution is 5.95. The van der Waals surface area contributed by atoms with Gasteiger partial charge in [-0.2, -0.15) is 18.3 Å². The number of carbonyl (C=O) groups is 1. The number of nitrogens with one attached hydrogen (secondary N) is 1. The first-order valence-electron chi connectivity index (χ1n) is 10.1. The lowest BCUT2D eigenvalue weighted by molar-refractivity contribution is -0.147. The van der Waals surface area contributed by atoms with E-state index < -0.39 is 18.7 Å². The highest BCUT2D eigenvalue weighted by Crippen LogP contribution is 2.34. The molecule has 0 atom stereocenters. The Kier molecular flexibility index (Phi) is 5.42. The fraction of sp³-hybridized carbons (Fsp3) is 0.429. The molecule has 0 bridgehead atoms. The number of rotatable bonds is 5. The summed E-state index contributed by atoms with van der Waals surface area (Å²) in [4.78, 5) is 15.4. The van der Waals surface area contributed by atoms with Gasteiger partial charge >= 0.3 is 12.1 Å². The van der Waals surface area contributed by atoms with Crippen molar-refractivity contribution in [3.63, 3.8) is 0 Å². The number of carboxylic acids is 1. The van der Waals surface area contributed by atoms with Gasteiger partial charge < -0.3 is 14.4 Å². The van der Waals surface area contributed by atoms with E-state index in [4.69, 9.17) is 0 Å². The first-order valence-corrected chi connectivity index (χ1v) is 10.1. The molecule has 4 rings (SSSR count). The van der Waals surface area contributed by atoms with Crippen LogP contribution in [0.1, 0.15) is 28.8 Å². The molecule has 7 nitrogen and oxygen atoms in total. The van der Waals surface area contributed by atoms with E-state index in [-0.39, 0.29) is 11.6 Å². The normalized spacial score (nSPS) is 16.2. The van der Waals surface area contributed by atoms with E-state index in [1.807, 2.05) is 34.7 Å². The highest BCUT2D eigenvalue weighted by atomic mass is 19.4. The minimum Gasteiger partial charge on any atom is -0.478 e. The van der Waals surface area contributed by atoms with E-state index in [2.05, 4.69) is 10.2 Å². The number of halogens is 3. The number of fused-ring (bicyclic) bond motifs is 1. The smallest absolute Gasteiger partial charge is 0.401 e. The zero-order valence-electron chi connectivity index (χ0n) is 17.3. The van der Waals surface area contributed by atoms with Gasteiger partial charge in [-0.05, 0) is 38.0 Å². The van der Waals surface area contributed by atoms with Crippen LogP contribution in [0.2, 0.25) is 0 Å². The molecule has 4 heterocycles. The van der Waals surface area contributed by atoms with Crippen LogP contribution in [0.3, 0.4) is 0 Å². The molecular formula is C21H24F3N5O2.